The number of Topliss-reactive ketones (excluding diaryl/α,β-unsaturated/α-hetero) is 2. The second kappa shape index (κ2) is 61.8. The summed E-state index contributed by atoms with van der Waals surface area (Å²) < 4.78 is 73.0. The average molecular weight is 1830 g/mol. The van der Waals surface area contributed by atoms with Crippen LogP contribution in [0.3, 0.4) is 0 Å². The first kappa shape index (κ1) is 122. The van der Waals surface area contributed by atoms with Gasteiger partial charge in [0, 0.05) is 101 Å². The van der Waals surface area contributed by atoms with Crippen molar-refractivity contribution in [1.82, 2.24) is 5.32 Å². The summed E-state index contributed by atoms with van der Waals surface area (Å²) in [6, 6.07) is 8.08. The van der Waals surface area contributed by atoms with Crippen LogP contribution in [0.1, 0.15) is 228 Å². The van der Waals surface area contributed by atoms with Crippen molar-refractivity contribution in [2.24, 2.45) is 28.8 Å². The third-order valence-corrected chi connectivity index (χ3v) is 43.7. The molecule has 23 heteroatoms. The zero-order valence-corrected chi connectivity index (χ0v) is 88.2. The fraction of sp³-hybridized carbons (Fsp3) is 0.680. The van der Waals surface area contributed by atoms with Crippen LogP contribution in [0.4, 0.5) is 0 Å². The molecule has 690 valence electrons. The van der Waals surface area contributed by atoms with Gasteiger partial charge < -0.3 is 42.0 Å². The molecule has 0 saturated carbocycles. The SMILES string of the molecule is C=CCCCCC(=O)CC/C(C)=C\[C@@H](C)[C@H](O[Si](C)(C)C(C)(C)C)[C@H](C=C)OC.C=CCCCCC(=O)CS(=O)(=O)c1ccccc1.C=CCCCCC(=O)NC/C(C)=C\[C@@H](C)[C@H](O[Si](C)(C)C(C)(C)C)[C@H](C=C)OC.C=C[C@H](OC)[C@@H](O[Si](C)(C)C(C)(C)C)[C@H](C)/C=C(/C)CBr.C=C[C@H](OC)[C@@H](O[Si](C)(C)C(C)(C)C)[C@H](C)/C=C(/C)CN=[N+]=[N-]. The highest BCUT2D eigenvalue weighted by Crippen LogP contribution is 2.43. The normalized spacial score (nSPS) is 15.9. The smallest absolute Gasteiger partial charge is 0.220 e. The van der Waals surface area contributed by atoms with Crippen LogP contribution in [0.25, 0.3) is 10.4 Å². The van der Waals surface area contributed by atoms with Gasteiger partial charge in [-0.05, 0) is 182 Å². The molecule has 0 radical (unpaired) electrons. The number of carbonyl (C=O) groups excluding carboxylic acids is 3. The molecule has 1 rings (SSSR count). The number of ketones is 2. The number of unbranched alkanes of at least 4 members (excludes halogenated alkanes) is 6. The van der Waals surface area contributed by atoms with E-state index in [1.165, 1.54) is 23.3 Å². The van der Waals surface area contributed by atoms with Crippen LogP contribution in [0, 0.1) is 23.7 Å². The highest BCUT2D eigenvalue weighted by atomic mass is 79.9. The lowest BCUT2D eigenvalue weighted by Gasteiger charge is -2.42. The van der Waals surface area contributed by atoms with Gasteiger partial charge in [-0.1, -0.05) is 239 Å². The topological polar surface area (TPSA) is 220 Å². The monoisotopic (exact) mass is 1830 g/mol. The van der Waals surface area contributed by atoms with Crippen molar-refractivity contribution in [1.29, 1.82) is 0 Å². The van der Waals surface area contributed by atoms with Crippen molar-refractivity contribution in [2.45, 2.75) is 355 Å². The minimum absolute atomic E-state index is 0.00221. The largest absolute Gasteiger partial charge is 0.410 e. The van der Waals surface area contributed by atoms with E-state index in [0.29, 0.717) is 44.6 Å². The lowest BCUT2D eigenvalue weighted by molar-refractivity contribution is -0.121. The number of rotatable bonds is 54. The summed E-state index contributed by atoms with van der Waals surface area (Å²) >= 11 is 3.50. The summed E-state index contributed by atoms with van der Waals surface area (Å²) in [5.41, 5.74) is 13.1. The molecule has 0 aromatic heterocycles. The highest BCUT2D eigenvalue weighted by molar-refractivity contribution is 9.09. The number of sulfone groups is 1. The van der Waals surface area contributed by atoms with E-state index in [0.717, 1.165) is 80.7 Å². The van der Waals surface area contributed by atoms with Gasteiger partial charge in [0.25, 0.3) is 0 Å². The maximum atomic E-state index is 12.1. The molecule has 0 aliphatic carbocycles. The summed E-state index contributed by atoms with van der Waals surface area (Å²) in [6.45, 7) is 89.5. The van der Waals surface area contributed by atoms with E-state index < -0.39 is 48.9 Å². The zero-order chi connectivity index (χ0) is 93.9. The quantitative estimate of drug-likeness (QED) is 0.0122. The van der Waals surface area contributed by atoms with E-state index in [1.807, 2.05) is 44.2 Å². The Morgan fingerprint density at radius 2 is 0.758 bits per heavy atom. The molecular formula is C97H175BrN4O13SSi4. The second-order valence-electron chi connectivity index (χ2n) is 38.2. The Hall–Kier alpha value is -4.54. The van der Waals surface area contributed by atoms with Gasteiger partial charge in [-0.3, -0.25) is 14.4 Å². The van der Waals surface area contributed by atoms with Gasteiger partial charge >= 0.3 is 0 Å². The third kappa shape index (κ3) is 50.6. The first-order chi connectivity index (χ1) is 55.3. The number of allylic oxidation sites excluding steroid dienone is 5. The number of ether oxygens (including phenoxy) is 4. The van der Waals surface area contributed by atoms with E-state index in [9.17, 15) is 22.8 Å². The number of methoxy groups -OCH3 is 4. The Labute approximate surface area is 748 Å². The lowest BCUT2D eigenvalue weighted by Crippen LogP contribution is -2.49. The van der Waals surface area contributed by atoms with Crippen molar-refractivity contribution < 1.29 is 59.5 Å². The molecule has 12 atom stereocenters. The number of nitrogens with zero attached hydrogens (tertiary/aromatic N) is 3. The van der Waals surface area contributed by atoms with Crippen LogP contribution >= 0.6 is 15.9 Å². The number of amides is 1. The predicted octanol–water partition coefficient (Wildman–Crippen LogP) is 27.1. The molecule has 0 heterocycles. The van der Waals surface area contributed by atoms with E-state index in [4.69, 9.17) is 42.2 Å². The van der Waals surface area contributed by atoms with Crippen LogP contribution in [0.2, 0.25) is 72.5 Å². The Morgan fingerprint density at radius 3 is 1.05 bits per heavy atom. The first-order valence-electron chi connectivity index (χ1n) is 43.3. The van der Waals surface area contributed by atoms with E-state index in [2.05, 4.69) is 279 Å². The molecule has 0 aliphatic heterocycles. The minimum atomic E-state index is -3.47. The second-order valence-corrected chi connectivity index (χ2v) is 59.7. The molecular weight excluding hydrogens is 1650 g/mol. The molecule has 0 unspecified atom stereocenters. The molecule has 1 aromatic rings. The van der Waals surface area contributed by atoms with Gasteiger partial charge in [-0.25, -0.2) is 8.42 Å². The van der Waals surface area contributed by atoms with Crippen molar-refractivity contribution in [3.8, 4) is 0 Å². The number of hydrogen-bond donors (Lipinski definition) is 1. The Balaban J connectivity index is -0.000000708. The summed E-state index contributed by atoms with van der Waals surface area (Å²) in [5.74, 6) is 0.550. The molecule has 0 spiro atoms. The van der Waals surface area contributed by atoms with Gasteiger partial charge in [-0.2, -0.15) is 0 Å². The predicted molar refractivity (Wildman–Crippen MR) is 528 cm³/mol. The maximum Gasteiger partial charge on any atom is 0.220 e. The first-order valence-corrected chi connectivity index (χ1v) is 57.7. The van der Waals surface area contributed by atoms with E-state index >= 15 is 0 Å². The number of halogens is 1. The molecule has 1 amide bonds. The molecule has 0 fully saturated rings. The molecule has 17 nitrogen and oxygen atoms in total. The number of benzene rings is 1. The standard InChI is InChI=1S/C25H46O3Si.C24H45NO3Si.C17H33BrO2Si.C17H33N3O2Si.C14H18O3S/c1-11-13-14-15-16-22(26)18-17-20(3)19-21(4)24(23(12-2)27-8)28-29(9,10)25(5,6)7;1-11-13-14-15-16-22(26)25-18-19(3)17-20(4)23(21(12-2)27-8)28-29(9,10)24(5,6)7;1-10-15(19-7)16(14(3)11-13(2)12-18)20-21(8,9)17(4,5)6;1-10-15(21-7)16(22-23(8,9)17(4,5)6)14(3)11-13(2)12-19-20-18;1-2-3-4-6-9-13(15)12-18(16,17)14-10-7-5-8-11-14/h11-12,19,21,23-24H,1-2,13-18H2,3-10H3;11-12,17,20-21,23H,1-2,13-16,18H2,3-10H3,(H,25,26);10-11,14-16H,1,12H2,2-9H3;10-11,14-16H,1,12H2,2-9H3;2,5,7-8,10-11H,1,3-4,6,9,12H2/b20-19-;19-17-;2*13-11-;/t21-,23+,24+;20-,21+,23+;2*14-,15+,16+;/m1111./s1. The van der Waals surface area contributed by atoms with Gasteiger partial charge in [0.1, 0.15) is 41.7 Å². The lowest BCUT2D eigenvalue weighted by atomic mass is 9.95. The summed E-state index contributed by atoms with van der Waals surface area (Å²) in [6.07, 6.45) is 32.1. The highest BCUT2D eigenvalue weighted by Gasteiger charge is 2.46. The molecule has 120 heavy (non-hydrogen) atoms. The summed E-state index contributed by atoms with van der Waals surface area (Å²) in [7, 11) is -4.38. The zero-order valence-electron chi connectivity index (χ0n) is 81.8. The number of azide groups is 1. The Kier molecular flexibility index (Phi) is 62.7. The van der Waals surface area contributed by atoms with E-state index in [1.54, 1.807) is 58.8 Å². The summed E-state index contributed by atoms with van der Waals surface area (Å²) in [4.78, 5) is 38.7. The molecule has 0 aliphatic rings. The van der Waals surface area contributed by atoms with Crippen LogP contribution < -0.4 is 5.32 Å². The molecule has 1 aromatic carbocycles. The van der Waals surface area contributed by atoms with Gasteiger partial charge in [0.2, 0.25) is 5.91 Å². The van der Waals surface area contributed by atoms with Crippen molar-refractivity contribution >= 4 is 76.5 Å². The molecule has 0 bridgehead atoms. The Bertz CT molecular complexity index is 3350. The van der Waals surface area contributed by atoms with Gasteiger partial charge in [-0.15, -0.1) is 46.1 Å². The van der Waals surface area contributed by atoms with Gasteiger partial charge in [0.05, 0.1) is 29.3 Å². The number of nitrogens with one attached hydrogen (secondary N) is 1. The average Bonchev–Trinajstić information content (AvgIpc) is 0.827. The third-order valence-electron chi connectivity index (χ3n) is 23.2. The van der Waals surface area contributed by atoms with Crippen molar-refractivity contribution in [2.75, 3.05) is 52.6 Å². The number of carbonyl (C=O) groups is 3. The van der Waals surface area contributed by atoms with Crippen molar-refractivity contribution in [3.63, 3.8) is 0 Å². The fourth-order valence-corrected chi connectivity index (χ4v) is 18.6. The summed E-state index contributed by atoms with van der Waals surface area (Å²) in [5, 5.41) is 8.05. The minimum Gasteiger partial charge on any atom is -0.410 e. The van der Waals surface area contributed by atoms with Crippen LogP contribution in [-0.4, -0.2) is 161 Å². The van der Waals surface area contributed by atoms with Crippen LogP contribution in [-0.2, 0) is 60.9 Å². The molecule has 1 N–H and O–H groups in total. The maximum absolute atomic E-state index is 12.1. The number of alkyl halides is 1. The van der Waals surface area contributed by atoms with E-state index in [-0.39, 0.29) is 109 Å². The molecule has 0 saturated heterocycles. The van der Waals surface area contributed by atoms with Crippen LogP contribution in [0.5, 0.6) is 0 Å². The Morgan fingerprint density at radius 1 is 0.458 bits per heavy atom. The van der Waals surface area contributed by atoms with Crippen molar-refractivity contribution in [3.05, 3.63) is 176 Å². The number of hydrogen-bond acceptors (Lipinski definition) is 14. The van der Waals surface area contributed by atoms with Gasteiger partial charge in [0.15, 0.2) is 43.1 Å². The fourth-order valence-electron chi connectivity index (χ4n) is 11.6. The van der Waals surface area contributed by atoms with Crippen LogP contribution in [0.15, 0.2) is 176 Å².